The van der Waals surface area contributed by atoms with Gasteiger partial charge in [0.05, 0.1) is 18.4 Å². The molecular weight excluding hydrogens is 244 g/mol. The average molecular weight is 260 g/mol. The van der Waals surface area contributed by atoms with Gasteiger partial charge in [-0.3, -0.25) is 15.1 Å². The van der Waals surface area contributed by atoms with Crippen LogP contribution >= 0.6 is 0 Å². The fraction of sp³-hybridized carbons (Fsp3) is 0.357. The molecule has 0 saturated heterocycles. The van der Waals surface area contributed by atoms with E-state index in [0.717, 1.165) is 31.4 Å². The van der Waals surface area contributed by atoms with E-state index in [0.29, 0.717) is 11.3 Å². The zero-order chi connectivity index (χ0) is 13.7. The first-order chi connectivity index (χ1) is 9.20. The van der Waals surface area contributed by atoms with Gasteiger partial charge in [-0.2, -0.15) is 0 Å². The SMILES string of the molecule is COC(=O)NC(=O)c1ccccc1N=C1CCCC1. The number of hydrogen-bond donors (Lipinski definition) is 1. The molecule has 0 unspecified atom stereocenters. The Kier molecular flexibility index (Phi) is 4.28. The summed E-state index contributed by atoms with van der Waals surface area (Å²) in [5, 5.41) is 2.14. The molecule has 0 bridgehead atoms. The lowest BCUT2D eigenvalue weighted by Crippen LogP contribution is -2.30. The van der Waals surface area contributed by atoms with Gasteiger partial charge in [0.2, 0.25) is 0 Å². The fourth-order valence-electron chi connectivity index (χ4n) is 2.04. The van der Waals surface area contributed by atoms with Crippen LogP contribution in [-0.4, -0.2) is 24.8 Å². The van der Waals surface area contributed by atoms with Crippen LogP contribution in [0, 0.1) is 0 Å². The van der Waals surface area contributed by atoms with Crippen LogP contribution in [0.2, 0.25) is 0 Å². The van der Waals surface area contributed by atoms with Crippen LogP contribution in [0.1, 0.15) is 36.0 Å². The Morgan fingerprint density at radius 1 is 1.21 bits per heavy atom. The molecule has 1 N–H and O–H groups in total. The normalized spacial score (nSPS) is 14.1. The van der Waals surface area contributed by atoms with Crippen molar-refractivity contribution < 1.29 is 14.3 Å². The highest BCUT2D eigenvalue weighted by atomic mass is 16.5. The molecule has 100 valence electrons. The van der Waals surface area contributed by atoms with Crippen LogP contribution in [0.4, 0.5) is 10.5 Å². The third kappa shape index (κ3) is 3.40. The molecule has 1 saturated carbocycles. The van der Waals surface area contributed by atoms with Gasteiger partial charge in [-0.1, -0.05) is 12.1 Å². The minimum absolute atomic E-state index is 0.382. The van der Waals surface area contributed by atoms with Gasteiger partial charge in [-0.15, -0.1) is 0 Å². The van der Waals surface area contributed by atoms with Gasteiger partial charge in [0.1, 0.15) is 0 Å². The summed E-state index contributed by atoms with van der Waals surface area (Å²) in [6, 6.07) is 6.98. The molecule has 0 atom stereocenters. The van der Waals surface area contributed by atoms with Crippen LogP contribution < -0.4 is 5.32 Å². The number of para-hydroxylation sites is 1. The summed E-state index contributed by atoms with van der Waals surface area (Å²) in [6.45, 7) is 0. The Hall–Kier alpha value is -2.17. The molecular formula is C14H16N2O3. The van der Waals surface area contributed by atoms with Gasteiger partial charge in [-0.05, 0) is 37.8 Å². The largest absolute Gasteiger partial charge is 0.453 e. The van der Waals surface area contributed by atoms with Gasteiger partial charge in [0.15, 0.2) is 0 Å². The van der Waals surface area contributed by atoms with Crippen molar-refractivity contribution in [3.8, 4) is 0 Å². The molecule has 19 heavy (non-hydrogen) atoms. The number of nitrogens with zero attached hydrogens (tertiary/aromatic N) is 1. The van der Waals surface area contributed by atoms with E-state index in [-0.39, 0.29) is 0 Å². The van der Waals surface area contributed by atoms with E-state index in [9.17, 15) is 9.59 Å². The topological polar surface area (TPSA) is 67.8 Å². The Morgan fingerprint density at radius 3 is 2.58 bits per heavy atom. The van der Waals surface area contributed by atoms with Crippen molar-refractivity contribution >= 4 is 23.4 Å². The van der Waals surface area contributed by atoms with Gasteiger partial charge in [0.25, 0.3) is 5.91 Å². The summed E-state index contributed by atoms with van der Waals surface area (Å²) in [5.41, 5.74) is 2.09. The Balaban J connectivity index is 2.23. The third-order valence-electron chi connectivity index (χ3n) is 3.01. The van der Waals surface area contributed by atoms with Crippen molar-refractivity contribution in [1.82, 2.24) is 5.32 Å². The summed E-state index contributed by atoms with van der Waals surface area (Å²) in [5.74, 6) is -0.496. The van der Waals surface area contributed by atoms with Crippen LogP contribution in [0.25, 0.3) is 0 Å². The zero-order valence-electron chi connectivity index (χ0n) is 10.8. The maximum absolute atomic E-state index is 11.9. The Bertz CT molecular complexity index is 515. The van der Waals surface area contributed by atoms with E-state index in [1.807, 2.05) is 6.07 Å². The Labute approximate surface area is 111 Å². The number of carbonyl (C=O) groups is 2. The number of alkyl carbamates (subject to hydrolysis) is 1. The van der Waals surface area contributed by atoms with Crippen molar-refractivity contribution in [3.63, 3.8) is 0 Å². The van der Waals surface area contributed by atoms with Crippen molar-refractivity contribution in [2.75, 3.05) is 7.11 Å². The highest BCUT2D eigenvalue weighted by Gasteiger charge is 2.15. The lowest BCUT2D eigenvalue weighted by molar-refractivity contribution is 0.0937. The number of carbonyl (C=O) groups excluding carboxylic acids is 2. The number of aliphatic imine (C=N–C) groups is 1. The molecule has 2 amide bonds. The number of rotatable bonds is 2. The molecule has 1 aliphatic rings. The minimum atomic E-state index is -0.770. The summed E-state index contributed by atoms with van der Waals surface area (Å²) < 4.78 is 4.41. The maximum atomic E-state index is 11.9. The second-order valence-electron chi connectivity index (χ2n) is 4.35. The molecule has 1 aromatic carbocycles. The molecule has 0 aliphatic heterocycles. The molecule has 0 spiro atoms. The number of methoxy groups -OCH3 is 1. The highest BCUT2D eigenvalue weighted by Crippen LogP contribution is 2.23. The van der Waals surface area contributed by atoms with Crippen molar-refractivity contribution in [3.05, 3.63) is 29.8 Å². The first-order valence-electron chi connectivity index (χ1n) is 6.25. The van der Waals surface area contributed by atoms with E-state index in [1.54, 1.807) is 18.2 Å². The number of nitrogens with one attached hydrogen (secondary N) is 1. The zero-order valence-corrected chi connectivity index (χ0v) is 10.8. The molecule has 0 heterocycles. The summed E-state index contributed by atoms with van der Waals surface area (Å²) in [6.07, 6.45) is 3.48. The van der Waals surface area contributed by atoms with Crippen LogP contribution in [0.3, 0.4) is 0 Å². The quantitative estimate of drug-likeness (QED) is 0.889. The lowest BCUT2D eigenvalue weighted by atomic mass is 10.1. The predicted octanol–water partition coefficient (Wildman–Crippen LogP) is 2.83. The second kappa shape index (κ2) is 6.13. The van der Waals surface area contributed by atoms with Gasteiger partial charge >= 0.3 is 6.09 Å². The average Bonchev–Trinajstić information content (AvgIpc) is 2.92. The van der Waals surface area contributed by atoms with Crippen molar-refractivity contribution in [2.45, 2.75) is 25.7 Å². The molecule has 5 heteroatoms. The second-order valence-corrected chi connectivity index (χ2v) is 4.35. The van der Waals surface area contributed by atoms with Crippen LogP contribution in [0.15, 0.2) is 29.3 Å². The first-order valence-corrected chi connectivity index (χ1v) is 6.25. The standard InChI is InChI=1S/C14H16N2O3/c1-19-14(18)16-13(17)11-8-4-5-9-12(11)15-10-6-2-3-7-10/h4-5,8-9H,2-3,6-7H2,1H3,(H,16,17,18). The van der Waals surface area contributed by atoms with E-state index in [1.165, 1.54) is 7.11 Å². The monoisotopic (exact) mass is 260 g/mol. The van der Waals surface area contributed by atoms with Gasteiger partial charge in [-0.25, -0.2) is 4.79 Å². The number of benzene rings is 1. The summed E-state index contributed by atoms with van der Waals surface area (Å²) in [7, 11) is 1.22. The third-order valence-corrected chi connectivity index (χ3v) is 3.01. The number of imide groups is 1. The maximum Gasteiger partial charge on any atom is 0.413 e. The van der Waals surface area contributed by atoms with E-state index >= 15 is 0 Å². The smallest absolute Gasteiger partial charge is 0.413 e. The summed E-state index contributed by atoms with van der Waals surface area (Å²) in [4.78, 5) is 27.5. The van der Waals surface area contributed by atoms with E-state index in [4.69, 9.17) is 0 Å². The Morgan fingerprint density at radius 2 is 1.89 bits per heavy atom. The van der Waals surface area contributed by atoms with Gasteiger partial charge < -0.3 is 4.74 Å². The molecule has 1 fully saturated rings. The van der Waals surface area contributed by atoms with E-state index in [2.05, 4.69) is 15.0 Å². The van der Waals surface area contributed by atoms with Crippen molar-refractivity contribution in [1.29, 1.82) is 0 Å². The van der Waals surface area contributed by atoms with Gasteiger partial charge in [0, 0.05) is 5.71 Å². The summed E-state index contributed by atoms with van der Waals surface area (Å²) >= 11 is 0. The molecule has 1 aliphatic carbocycles. The molecule has 5 nitrogen and oxygen atoms in total. The van der Waals surface area contributed by atoms with E-state index < -0.39 is 12.0 Å². The van der Waals surface area contributed by atoms with Crippen LogP contribution in [0.5, 0.6) is 0 Å². The number of hydrogen-bond acceptors (Lipinski definition) is 4. The molecule has 0 aromatic heterocycles. The predicted molar refractivity (Wildman–Crippen MR) is 71.9 cm³/mol. The van der Waals surface area contributed by atoms with Crippen molar-refractivity contribution in [2.24, 2.45) is 4.99 Å². The minimum Gasteiger partial charge on any atom is -0.453 e. The lowest BCUT2D eigenvalue weighted by Gasteiger charge is -2.06. The molecule has 1 aromatic rings. The fourth-order valence-corrected chi connectivity index (χ4v) is 2.04. The first kappa shape index (κ1) is 13.3. The molecule has 2 rings (SSSR count). The van der Waals surface area contributed by atoms with Crippen LogP contribution in [-0.2, 0) is 4.74 Å². The number of amides is 2. The molecule has 0 radical (unpaired) electrons. The number of ether oxygens (including phenoxy) is 1. The highest BCUT2D eigenvalue weighted by molar-refractivity contribution is 6.06.